The maximum absolute atomic E-state index is 12.5. The van der Waals surface area contributed by atoms with E-state index in [0.29, 0.717) is 11.1 Å². The van der Waals surface area contributed by atoms with Crippen LogP contribution < -0.4 is 0 Å². The normalized spacial score (nSPS) is 20.1. The molecule has 0 saturated heterocycles. The Bertz CT molecular complexity index is 601. The Hall–Kier alpha value is -2.36. The van der Waals surface area contributed by atoms with Gasteiger partial charge in [0.1, 0.15) is 5.41 Å². The van der Waals surface area contributed by atoms with Crippen LogP contribution in [0, 0.1) is 6.42 Å². The van der Waals surface area contributed by atoms with Crippen molar-refractivity contribution in [2.75, 3.05) is 13.7 Å². The highest BCUT2D eigenvalue weighted by Crippen LogP contribution is 2.35. The molecule has 0 aromatic heterocycles. The van der Waals surface area contributed by atoms with Crippen molar-refractivity contribution in [1.82, 2.24) is 0 Å². The number of carbonyl (C=O) groups is 2. The van der Waals surface area contributed by atoms with Gasteiger partial charge in [-0.15, -0.1) is 0 Å². The third kappa shape index (κ3) is 2.75. The van der Waals surface area contributed by atoms with E-state index in [4.69, 9.17) is 9.47 Å². The predicted octanol–water partition coefficient (Wildman–Crippen LogP) is 2.60. The molecule has 1 unspecified atom stereocenters. The number of ether oxygens (including phenoxy) is 2. The van der Waals surface area contributed by atoms with E-state index in [1.165, 1.54) is 7.11 Å². The molecule has 4 nitrogen and oxygen atoms in total. The number of benzene rings is 1. The van der Waals surface area contributed by atoms with Gasteiger partial charge in [-0.3, -0.25) is 4.79 Å². The number of allylic oxidation sites excluding steroid dienone is 3. The highest BCUT2D eigenvalue weighted by molar-refractivity contribution is 5.97. The molecule has 4 heteroatoms. The first-order chi connectivity index (χ1) is 10.2. The third-order valence-electron chi connectivity index (χ3n) is 3.33. The van der Waals surface area contributed by atoms with E-state index >= 15 is 0 Å². The lowest BCUT2D eigenvalue weighted by molar-refractivity contribution is -0.146. The zero-order valence-electron chi connectivity index (χ0n) is 12.0. The number of carbonyl (C=O) groups excluding carboxylic acids is 2. The molecule has 0 spiro atoms. The number of hydrogen-bond donors (Lipinski definition) is 0. The van der Waals surface area contributed by atoms with E-state index in [-0.39, 0.29) is 6.61 Å². The van der Waals surface area contributed by atoms with Crippen LogP contribution in [0.5, 0.6) is 0 Å². The van der Waals surface area contributed by atoms with E-state index in [1.54, 1.807) is 55.8 Å². The van der Waals surface area contributed by atoms with Crippen molar-refractivity contribution in [3.05, 3.63) is 66.1 Å². The van der Waals surface area contributed by atoms with Crippen molar-refractivity contribution < 1.29 is 19.1 Å². The summed E-state index contributed by atoms with van der Waals surface area (Å²) in [5, 5.41) is 0. The van der Waals surface area contributed by atoms with Gasteiger partial charge < -0.3 is 9.47 Å². The van der Waals surface area contributed by atoms with Crippen LogP contribution in [0.25, 0.3) is 0 Å². The van der Waals surface area contributed by atoms with E-state index < -0.39 is 17.4 Å². The highest BCUT2D eigenvalue weighted by atomic mass is 16.5. The molecule has 109 valence electrons. The molecule has 0 aliphatic heterocycles. The average molecular weight is 285 g/mol. The topological polar surface area (TPSA) is 52.6 Å². The van der Waals surface area contributed by atoms with Gasteiger partial charge in [0, 0.05) is 6.42 Å². The fourth-order valence-electron chi connectivity index (χ4n) is 2.34. The minimum absolute atomic E-state index is 0.270. The Morgan fingerprint density at radius 1 is 1.14 bits per heavy atom. The molecule has 0 amide bonds. The molecule has 1 atom stereocenters. The summed E-state index contributed by atoms with van der Waals surface area (Å²) < 4.78 is 10.0. The van der Waals surface area contributed by atoms with E-state index in [2.05, 4.69) is 0 Å². The van der Waals surface area contributed by atoms with Crippen LogP contribution in [0.2, 0.25) is 0 Å². The number of esters is 2. The molecule has 0 saturated carbocycles. The molecular formula is C17H17O4. The van der Waals surface area contributed by atoms with Crippen molar-refractivity contribution in [2.24, 2.45) is 0 Å². The summed E-state index contributed by atoms with van der Waals surface area (Å²) in [7, 11) is 1.32. The number of rotatable bonds is 4. The van der Waals surface area contributed by atoms with E-state index in [1.807, 2.05) is 6.08 Å². The smallest absolute Gasteiger partial charge is 0.338 e. The maximum atomic E-state index is 12.5. The number of methoxy groups -OCH3 is 1. The first kappa shape index (κ1) is 15.0. The maximum Gasteiger partial charge on any atom is 0.338 e. The quantitative estimate of drug-likeness (QED) is 0.798. The van der Waals surface area contributed by atoms with Gasteiger partial charge in [-0.05, 0) is 18.6 Å². The first-order valence-electron chi connectivity index (χ1n) is 6.71. The van der Waals surface area contributed by atoms with E-state index in [0.717, 1.165) is 0 Å². The zero-order valence-corrected chi connectivity index (χ0v) is 12.0. The minimum atomic E-state index is -1.10. The minimum Gasteiger partial charge on any atom is -0.465 e. The van der Waals surface area contributed by atoms with Crippen LogP contribution in [-0.4, -0.2) is 25.7 Å². The molecule has 1 aliphatic carbocycles. The number of hydrogen-bond acceptors (Lipinski definition) is 4. The van der Waals surface area contributed by atoms with Crippen LogP contribution >= 0.6 is 0 Å². The summed E-state index contributed by atoms with van der Waals surface area (Å²) in [6.07, 6.45) is 8.81. The second-order valence-electron chi connectivity index (χ2n) is 4.54. The fourth-order valence-corrected chi connectivity index (χ4v) is 2.34. The van der Waals surface area contributed by atoms with Gasteiger partial charge in [-0.1, -0.05) is 42.5 Å². The third-order valence-corrected chi connectivity index (χ3v) is 3.33. The second kappa shape index (κ2) is 6.39. The average Bonchev–Trinajstić information content (AvgIpc) is 2.55. The molecule has 1 radical (unpaired) electrons. The first-order valence-corrected chi connectivity index (χ1v) is 6.71. The molecule has 1 aliphatic rings. The van der Waals surface area contributed by atoms with Gasteiger partial charge in [0.25, 0.3) is 0 Å². The molecule has 0 heterocycles. The van der Waals surface area contributed by atoms with Crippen LogP contribution in [0.3, 0.4) is 0 Å². The molecule has 0 fully saturated rings. The molecular weight excluding hydrogens is 268 g/mol. The fraction of sp³-hybridized carbons (Fsp3) is 0.235. The molecule has 1 aromatic carbocycles. The highest BCUT2D eigenvalue weighted by Gasteiger charge is 2.42. The molecule has 21 heavy (non-hydrogen) atoms. The largest absolute Gasteiger partial charge is 0.465 e. The van der Waals surface area contributed by atoms with Gasteiger partial charge in [-0.2, -0.15) is 0 Å². The monoisotopic (exact) mass is 285 g/mol. The lowest BCUT2D eigenvalue weighted by Crippen LogP contribution is -2.38. The van der Waals surface area contributed by atoms with Crippen molar-refractivity contribution in [2.45, 2.75) is 12.3 Å². The van der Waals surface area contributed by atoms with Crippen molar-refractivity contribution in [1.29, 1.82) is 0 Å². The summed E-state index contributed by atoms with van der Waals surface area (Å²) in [6, 6.07) is 6.89. The predicted molar refractivity (Wildman–Crippen MR) is 78.7 cm³/mol. The second-order valence-corrected chi connectivity index (χ2v) is 4.54. The Labute approximate surface area is 124 Å². The van der Waals surface area contributed by atoms with Crippen LogP contribution in [0.1, 0.15) is 22.8 Å². The van der Waals surface area contributed by atoms with Crippen LogP contribution in [-0.2, 0) is 19.7 Å². The lowest BCUT2D eigenvalue weighted by atomic mass is 9.73. The summed E-state index contributed by atoms with van der Waals surface area (Å²) in [4.78, 5) is 24.5. The Kier molecular flexibility index (Phi) is 4.58. The van der Waals surface area contributed by atoms with E-state index in [9.17, 15) is 9.59 Å². The molecule has 0 bridgehead atoms. The van der Waals surface area contributed by atoms with Crippen molar-refractivity contribution in [3.63, 3.8) is 0 Å². The summed E-state index contributed by atoms with van der Waals surface area (Å²) >= 11 is 0. The summed E-state index contributed by atoms with van der Waals surface area (Å²) in [5.74, 6) is -0.896. The van der Waals surface area contributed by atoms with Crippen molar-refractivity contribution in [3.8, 4) is 0 Å². The summed E-state index contributed by atoms with van der Waals surface area (Å²) in [5.41, 5.74) is -0.199. The standard InChI is InChI=1S/C17H17O4/c1-3-21-16(19)17(11-7-4-8-12-17)14-10-6-5-9-13(14)15(18)20-2/h4-12H,3H2,1-2H3. The van der Waals surface area contributed by atoms with Crippen LogP contribution in [0.4, 0.5) is 0 Å². The zero-order chi connectivity index (χ0) is 15.3. The van der Waals surface area contributed by atoms with Gasteiger partial charge in [-0.25, -0.2) is 4.79 Å². The molecule has 2 rings (SSSR count). The summed E-state index contributed by atoms with van der Waals surface area (Å²) in [6.45, 7) is 2.02. The van der Waals surface area contributed by atoms with Gasteiger partial charge >= 0.3 is 11.9 Å². The van der Waals surface area contributed by atoms with Gasteiger partial charge in [0.05, 0.1) is 19.3 Å². The Balaban J connectivity index is 2.58. The van der Waals surface area contributed by atoms with Gasteiger partial charge in [0.15, 0.2) is 0 Å². The molecule has 0 N–H and O–H groups in total. The SMILES string of the molecule is CCOC(=O)C1(c2ccccc2C(=O)OC)[CH]C=CC=C1. The van der Waals surface area contributed by atoms with Crippen molar-refractivity contribution >= 4 is 11.9 Å². The molecule has 1 aromatic rings. The Morgan fingerprint density at radius 3 is 2.52 bits per heavy atom. The lowest BCUT2D eigenvalue weighted by Gasteiger charge is -2.30. The van der Waals surface area contributed by atoms with Crippen LogP contribution in [0.15, 0.2) is 48.6 Å². The Morgan fingerprint density at radius 2 is 1.90 bits per heavy atom. The van der Waals surface area contributed by atoms with Gasteiger partial charge in [0.2, 0.25) is 0 Å².